The molecule has 2 N–H and O–H groups in total. The number of rotatable bonds is 14. The van der Waals surface area contributed by atoms with Gasteiger partial charge in [-0.25, -0.2) is 9.18 Å². The molecule has 0 aliphatic heterocycles. The molecule has 4 aromatic carbocycles. The highest BCUT2D eigenvalue weighted by molar-refractivity contribution is 7.73. The summed E-state index contributed by atoms with van der Waals surface area (Å²) in [6, 6.07) is 31.6. The van der Waals surface area contributed by atoms with Crippen molar-refractivity contribution in [3.63, 3.8) is 0 Å². The Morgan fingerprint density at radius 3 is 2.09 bits per heavy atom. The topological polar surface area (TPSA) is 140 Å². The minimum absolute atomic E-state index is 0.0513. The van der Waals surface area contributed by atoms with Crippen molar-refractivity contribution in [2.24, 2.45) is 0 Å². The lowest BCUT2D eigenvalue weighted by atomic mass is 9.98. The average Bonchev–Trinajstić information content (AvgIpc) is 3.48. The van der Waals surface area contributed by atoms with E-state index >= 15 is 0 Å². The van der Waals surface area contributed by atoms with Gasteiger partial charge >= 0.3 is 13.7 Å². The van der Waals surface area contributed by atoms with Gasteiger partial charge in [-0.3, -0.25) is 14.7 Å². The number of benzene rings is 4. The minimum atomic E-state index is -4.25. The van der Waals surface area contributed by atoms with Crippen LogP contribution < -0.4 is 15.9 Å². The highest BCUT2D eigenvalue weighted by atomic mass is 32.1. The number of nitrogens with zero attached hydrogens (tertiary/aromatic N) is 1. The predicted octanol–water partition coefficient (Wildman–Crippen LogP) is 9.06. The maximum atomic E-state index is 14.2. The molecule has 0 radical (unpaired) electrons. The maximum Gasteiger partial charge on any atom is 0.407 e. The van der Waals surface area contributed by atoms with E-state index in [2.05, 4.69) is 10.6 Å². The van der Waals surface area contributed by atoms with E-state index in [-0.39, 0.29) is 71.2 Å². The van der Waals surface area contributed by atoms with Crippen molar-refractivity contribution in [1.82, 2.24) is 5.32 Å². The van der Waals surface area contributed by atoms with Gasteiger partial charge in [-0.15, -0.1) is 0 Å². The molecule has 13 heteroatoms. The van der Waals surface area contributed by atoms with E-state index in [1.807, 2.05) is 84.9 Å². The van der Waals surface area contributed by atoms with Crippen LogP contribution in [0.5, 0.6) is 0 Å². The van der Waals surface area contributed by atoms with E-state index in [1.165, 1.54) is 24.3 Å². The third-order valence-corrected chi connectivity index (χ3v) is 11.6. The number of anilines is 1. The van der Waals surface area contributed by atoms with Gasteiger partial charge in [0.2, 0.25) is 11.8 Å². The zero-order valence-corrected chi connectivity index (χ0v) is 31.3. The number of ether oxygens (including phenoxy) is 1. The van der Waals surface area contributed by atoms with Crippen LogP contribution in [0.2, 0.25) is 0 Å². The van der Waals surface area contributed by atoms with Gasteiger partial charge in [0.15, 0.2) is 5.76 Å². The number of fused-ring (bicyclic) bond motifs is 3. The average molecular weight is 766 g/mol. The summed E-state index contributed by atoms with van der Waals surface area (Å²) in [7, 11) is -4.25. The van der Waals surface area contributed by atoms with Crippen LogP contribution in [0.15, 0.2) is 108 Å². The number of nitrogens with one attached hydrogen (secondary N) is 2. The standard InChI is InChI=1S/C41H37FN3O7PS/c1-3-50-53(48,51-4-2)38-39(54)34(24-43)37(27-18-20-28(42)21-19-27)52-40(38)45-36(46)23-29(22-26-12-6-5-7-13-26)44-41(47)49-25-35-32-16-10-8-14-30(32)31-15-9-11-17-33(31)35/h5-21,29,35H,3-4,22-23,25H2,1-2H3,(H,44,47)(H,45,46)/t29-/m1/s1. The summed E-state index contributed by atoms with van der Waals surface area (Å²) in [5.41, 5.74) is 5.26. The third-order valence-electron chi connectivity index (χ3n) is 8.85. The largest absolute Gasteiger partial charge is 0.449 e. The van der Waals surface area contributed by atoms with Gasteiger partial charge in [-0.05, 0) is 72.4 Å². The van der Waals surface area contributed by atoms with Gasteiger partial charge in [-0.2, -0.15) is 5.26 Å². The maximum absolute atomic E-state index is 14.2. The first-order valence-corrected chi connectivity index (χ1v) is 19.3. The Morgan fingerprint density at radius 2 is 1.50 bits per heavy atom. The molecule has 6 rings (SSSR count). The van der Waals surface area contributed by atoms with Crippen LogP contribution in [0.4, 0.5) is 15.1 Å². The minimum Gasteiger partial charge on any atom is -0.449 e. The number of halogens is 1. The van der Waals surface area contributed by atoms with E-state index in [0.717, 1.165) is 27.8 Å². The molecular formula is C41H37FN3O7PS. The molecule has 0 fully saturated rings. The van der Waals surface area contributed by atoms with Crippen molar-refractivity contribution < 1.29 is 36.7 Å². The normalized spacial score (nSPS) is 12.6. The molecule has 54 heavy (non-hydrogen) atoms. The zero-order valence-electron chi connectivity index (χ0n) is 29.5. The molecule has 1 heterocycles. The molecule has 0 bridgehead atoms. The molecule has 0 saturated carbocycles. The van der Waals surface area contributed by atoms with Gasteiger partial charge in [0.1, 0.15) is 29.4 Å². The summed E-state index contributed by atoms with van der Waals surface area (Å²) in [6.07, 6.45) is -0.725. The first kappa shape index (κ1) is 38.3. The number of hydrogen-bond donors (Lipinski definition) is 2. The van der Waals surface area contributed by atoms with E-state index < -0.39 is 31.5 Å². The second-order valence-electron chi connectivity index (χ2n) is 12.4. The van der Waals surface area contributed by atoms with Crippen molar-refractivity contribution in [3.8, 4) is 28.5 Å². The molecule has 1 aromatic heterocycles. The van der Waals surface area contributed by atoms with Crippen LogP contribution >= 0.6 is 19.8 Å². The lowest BCUT2D eigenvalue weighted by Crippen LogP contribution is -2.40. The molecule has 1 atom stereocenters. The Bertz CT molecular complexity index is 2260. The van der Waals surface area contributed by atoms with Crippen LogP contribution in [0, 0.1) is 21.7 Å². The van der Waals surface area contributed by atoms with E-state index in [9.17, 15) is 23.8 Å². The Hall–Kier alpha value is -5.44. The second-order valence-corrected chi connectivity index (χ2v) is 14.7. The fraction of sp³-hybridized carbons (Fsp3) is 0.220. The molecule has 2 amide bonds. The first-order chi connectivity index (χ1) is 26.1. The molecule has 0 unspecified atom stereocenters. The molecular weight excluding hydrogens is 729 g/mol. The first-order valence-electron chi connectivity index (χ1n) is 17.4. The lowest BCUT2D eigenvalue weighted by Gasteiger charge is -2.22. The van der Waals surface area contributed by atoms with Crippen molar-refractivity contribution >= 4 is 43.0 Å². The molecule has 1 aliphatic carbocycles. The quantitative estimate of drug-likeness (QED) is 0.0837. The third kappa shape index (κ3) is 8.35. The van der Waals surface area contributed by atoms with Gasteiger partial charge in [-0.1, -0.05) is 91.1 Å². The van der Waals surface area contributed by atoms with Crippen LogP contribution in [0.25, 0.3) is 22.5 Å². The Balaban J connectivity index is 1.28. The van der Waals surface area contributed by atoms with E-state index in [1.54, 1.807) is 13.8 Å². The fourth-order valence-corrected chi connectivity index (χ4v) is 8.84. The highest BCUT2D eigenvalue weighted by Gasteiger charge is 2.37. The summed E-state index contributed by atoms with van der Waals surface area (Å²) in [6.45, 7) is 3.18. The molecule has 0 spiro atoms. The van der Waals surface area contributed by atoms with Crippen molar-refractivity contribution in [2.75, 3.05) is 25.1 Å². The highest BCUT2D eigenvalue weighted by Crippen LogP contribution is 2.50. The molecule has 0 saturated heterocycles. The zero-order chi connectivity index (χ0) is 38.2. The Kier molecular flexibility index (Phi) is 12.2. The number of amides is 2. The van der Waals surface area contributed by atoms with Crippen LogP contribution in [0.3, 0.4) is 0 Å². The Morgan fingerprint density at radius 1 is 0.907 bits per heavy atom. The smallest absolute Gasteiger partial charge is 0.407 e. The van der Waals surface area contributed by atoms with Gasteiger partial charge < -0.3 is 23.5 Å². The fourth-order valence-electron chi connectivity index (χ4n) is 6.55. The molecule has 10 nitrogen and oxygen atoms in total. The monoisotopic (exact) mass is 765 g/mol. The molecule has 5 aromatic rings. The number of carbonyl (C=O) groups excluding carboxylic acids is 2. The number of nitriles is 1. The van der Waals surface area contributed by atoms with Crippen molar-refractivity contribution in [3.05, 3.63) is 136 Å². The van der Waals surface area contributed by atoms with Crippen LogP contribution in [0.1, 0.15) is 48.4 Å². The number of alkyl carbamates (subject to hydrolysis) is 1. The van der Waals surface area contributed by atoms with Crippen molar-refractivity contribution in [1.29, 1.82) is 5.26 Å². The number of hydrogen-bond acceptors (Lipinski definition) is 9. The molecule has 1 aliphatic rings. The second kappa shape index (κ2) is 17.1. The molecule has 276 valence electrons. The summed E-state index contributed by atoms with van der Waals surface area (Å²) >= 11 is 5.66. The van der Waals surface area contributed by atoms with Crippen LogP contribution in [-0.4, -0.2) is 37.9 Å². The Labute approximate surface area is 317 Å². The van der Waals surface area contributed by atoms with E-state index in [0.29, 0.717) is 0 Å². The SMILES string of the molecule is CCOP(=O)(OCC)c1c(NC(=O)C[C@@H](Cc2ccccc2)NC(=O)OCC2c3ccccc3-c3ccccc32)oc(-c2ccc(F)cc2)c(C#N)c1=S. The summed E-state index contributed by atoms with van der Waals surface area (Å²) in [5, 5.41) is 15.3. The predicted molar refractivity (Wildman–Crippen MR) is 206 cm³/mol. The van der Waals surface area contributed by atoms with Gasteiger partial charge in [0.25, 0.3) is 0 Å². The van der Waals surface area contributed by atoms with Crippen molar-refractivity contribution in [2.45, 2.75) is 38.6 Å². The van der Waals surface area contributed by atoms with Gasteiger partial charge in [0, 0.05) is 23.9 Å². The summed E-state index contributed by atoms with van der Waals surface area (Å²) in [5.74, 6) is -1.79. The van der Waals surface area contributed by atoms with Crippen LogP contribution in [-0.2, 0) is 29.6 Å². The van der Waals surface area contributed by atoms with Gasteiger partial charge in [0.05, 0.1) is 17.7 Å². The summed E-state index contributed by atoms with van der Waals surface area (Å²) < 4.78 is 50.8. The number of carbonyl (C=O) groups is 2. The van der Waals surface area contributed by atoms with E-state index in [4.69, 9.17) is 30.4 Å². The lowest BCUT2D eigenvalue weighted by molar-refractivity contribution is -0.116. The summed E-state index contributed by atoms with van der Waals surface area (Å²) in [4.78, 5) is 27.3.